The van der Waals surface area contributed by atoms with Gasteiger partial charge in [0.1, 0.15) is 10.6 Å². The fraction of sp³-hybridized carbons (Fsp3) is 0.571. The monoisotopic (exact) mass is 381 g/mol. The highest BCUT2D eigenvalue weighted by Gasteiger charge is 2.26. The van der Waals surface area contributed by atoms with Gasteiger partial charge in [-0.25, -0.2) is 4.68 Å². The lowest BCUT2D eigenvalue weighted by molar-refractivity contribution is 0.437. The number of thiophene rings is 1. The number of aryl methyl sites for hydroxylation is 4. The van der Waals surface area contributed by atoms with E-state index in [0.29, 0.717) is 0 Å². The minimum Gasteiger partial charge on any atom is -0.356 e. The Morgan fingerprint density at radius 3 is 2.59 bits per heavy atom. The molecule has 0 atom stereocenters. The van der Waals surface area contributed by atoms with Crippen molar-refractivity contribution in [3.05, 3.63) is 27.9 Å². The molecule has 1 fully saturated rings. The van der Waals surface area contributed by atoms with Crippen molar-refractivity contribution in [1.82, 2.24) is 19.7 Å². The van der Waals surface area contributed by atoms with E-state index in [0.717, 1.165) is 47.0 Å². The first-order chi connectivity index (χ1) is 13.1. The molecule has 4 heterocycles. The largest absolute Gasteiger partial charge is 0.356 e. The summed E-state index contributed by atoms with van der Waals surface area (Å²) >= 11 is 1.88. The summed E-state index contributed by atoms with van der Waals surface area (Å²) in [4.78, 5) is 15.3. The zero-order chi connectivity index (χ0) is 18.5. The molecule has 0 amide bonds. The maximum Gasteiger partial charge on any atom is 0.254 e. The molecule has 5 nitrogen and oxygen atoms in total. The standard InChI is InChI=1S/C21H27N5S/c1-13-8-10-25(11-9-13)19-18-16-6-4-5-7-17(16)27-20(18)23-21(22-19)26-15(3)12-14(2)24-26/h12-13H,4-11H2,1-3H3. The molecule has 142 valence electrons. The van der Waals surface area contributed by atoms with Crippen LogP contribution in [0.25, 0.3) is 16.2 Å². The van der Waals surface area contributed by atoms with Crippen LogP contribution in [-0.4, -0.2) is 32.8 Å². The van der Waals surface area contributed by atoms with E-state index in [1.54, 1.807) is 0 Å². The zero-order valence-corrected chi connectivity index (χ0v) is 17.3. The van der Waals surface area contributed by atoms with Crippen molar-refractivity contribution in [2.45, 2.75) is 59.3 Å². The van der Waals surface area contributed by atoms with E-state index < -0.39 is 0 Å². The molecule has 27 heavy (non-hydrogen) atoms. The Morgan fingerprint density at radius 2 is 1.85 bits per heavy atom. The molecule has 0 unspecified atom stereocenters. The minimum absolute atomic E-state index is 0.723. The van der Waals surface area contributed by atoms with Crippen LogP contribution in [0.15, 0.2) is 6.07 Å². The van der Waals surface area contributed by atoms with Gasteiger partial charge in [-0.3, -0.25) is 0 Å². The average Bonchev–Trinajstić information content (AvgIpc) is 3.20. The molecule has 0 aromatic carbocycles. The molecular formula is C21H27N5S. The Labute approximate surface area is 164 Å². The van der Waals surface area contributed by atoms with Crippen LogP contribution in [0.3, 0.4) is 0 Å². The molecule has 0 N–H and O–H groups in total. The summed E-state index contributed by atoms with van der Waals surface area (Å²) in [6.07, 6.45) is 7.44. The SMILES string of the molecule is Cc1cc(C)n(-c2nc(N3CCC(C)CC3)c3c4c(sc3n2)CCCC4)n1. The molecule has 3 aromatic heterocycles. The molecule has 0 bridgehead atoms. The van der Waals surface area contributed by atoms with Crippen LogP contribution in [0.5, 0.6) is 0 Å². The second kappa shape index (κ2) is 6.59. The van der Waals surface area contributed by atoms with Crippen molar-refractivity contribution in [1.29, 1.82) is 0 Å². The Bertz CT molecular complexity index is 994. The van der Waals surface area contributed by atoms with E-state index in [-0.39, 0.29) is 0 Å². The number of hydrogen-bond donors (Lipinski definition) is 0. The van der Waals surface area contributed by atoms with Crippen LogP contribution in [0.4, 0.5) is 5.82 Å². The minimum atomic E-state index is 0.723. The van der Waals surface area contributed by atoms with Crippen molar-refractivity contribution in [3.8, 4) is 5.95 Å². The molecule has 6 heteroatoms. The summed E-state index contributed by atoms with van der Waals surface area (Å²) in [5.41, 5.74) is 3.62. The van der Waals surface area contributed by atoms with Gasteiger partial charge >= 0.3 is 0 Å². The van der Waals surface area contributed by atoms with Gasteiger partial charge in [-0.05, 0) is 69.9 Å². The predicted octanol–water partition coefficient (Wildman–Crippen LogP) is 4.61. The molecule has 1 aliphatic heterocycles. The van der Waals surface area contributed by atoms with Crippen molar-refractivity contribution >= 4 is 27.4 Å². The number of piperidine rings is 1. The van der Waals surface area contributed by atoms with Crippen LogP contribution in [0.1, 0.15) is 54.4 Å². The highest BCUT2D eigenvalue weighted by Crippen LogP contribution is 2.40. The number of rotatable bonds is 2. The van der Waals surface area contributed by atoms with Gasteiger partial charge < -0.3 is 4.90 Å². The van der Waals surface area contributed by atoms with Gasteiger partial charge in [0.15, 0.2) is 0 Å². The van der Waals surface area contributed by atoms with E-state index >= 15 is 0 Å². The Hall–Kier alpha value is -1.95. The van der Waals surface area contributed by atoms with Crippen molar-refractivity contribution in [3.63, 3.8) is 0 Å². The Balaban J connectivity index is 1.71. The third-order valence-electron chi connectivity index (χ3n) is 6.07. The van der Waals surface area contributed by atoms with Crippen molar-refractivity contribution in [2.24, 2.45) is 5.92 Å². The summed E-state index contributed by atoms with van der Waals surface area (Å²) in [7, 11) is 0. The van der Waals surface area contributed by atoms with Gasteiger partial charge in [0, 0.05) is 23.7 Å². The zero-order valence-electron chi connectivity index (χ0n) is 16.5. The van der Waals surface area contributed by atoms with Gasteiger partial charge in [-0.15, -0.1) is 11.3 Å². The first kappa shape index (κ1) is 17.2. The van der Waals surface area contributed by atoms with E-state index in [4.69, 9.17) is 9.97 Å². The number of nitrogens with zero attached hydrogens (tertiary/aromatic N) is 5. The Kier molecular flexibility index (Phi) is 4.19. The average molecular weight is 382 g/mol. The van der Waals surface area contributed by atoms with E-state index in [1.165, 1.54) is 54.4 Å². The second-order valence-corrected chi connectivity index (χ2v) is 9.33. The second-order valence-electron chi connectivity index (χ2n) is 8.25. The van der Waals surface area contributed by atoms with Gasteiger partial charge in [-0.1, -0.05) is 6.92 Å². The van der Waals surface area contributed by atoms with Crippen LogP contribution >= 0.6 is 11.3 Å². The van der Waals surface area contributed by atoms with E-state index in [2.05, 4.69) is 29.9 Å². The predicted molar refractivity (Wildman–Crippen MR) is 111 cm³/mol. The van der Waals surface area contributed by atoms with E-state index in [1.807, 2.05) is 22.9 Å². The summed E-state index contributed by atoms with van der Waals surface area (Å²) < 4.78 is 1.91. The number of fused-ring (bicyclic) bond motifs is 3. The first-order valence-electron chi connectivity index (χ1n) is 10.2. The van der Waals surface area contributed by atoms with Gasteiger partial charge in [0.05, 0.1) is 11.1 Å². The van der Waals surface area contributed by atoms with Crippen LogP contribution in [0.2, 0.25) is 0 Å². The number of hydrogen-bond acceptors (Lipinski definition) is 5. The molecule has 5 rings (SSSR count). The lowest BCUT2D eigenvalue weighted by Crippen LogP contribution is -2.34. The Morgan fingerprint density at radius 1 is 1.07 bits per heavy atom. The maximum absolute atomic E-state index is 5.10. The molecule has 3 aromatic rings. The highest BCUT2D eigenvalue weighted by molar-refractivity contribution is 7.19. The molecular weight excluding hydrogens is 354 g/mol. The summed E-state index contributed by atoms with van der Waals surface area (Å²) in [6, 6.07) is 2.09. The van der Waals surface area contributed by atoms with Crippen LogP contribution in [0, 0.1) is 19.8 Å². The van der Waals surface area contributed by atoms with Gasteiger partial charge in [0.25, 0.3) is 5.95 Å². The summed E-state index contributed by atoms with van der Waals surface area (Å²) in [6.45, 7) is 8.65. The lowest BCUT2D eigenvalue weighted by atomic mass is 9.96. The van der Waals surface area contributed by atoms with E-state index in [9.17, 15) is 0 Å². The third kappa shape index (κ3) is 2.94. The normalized spacial score (nSPS) is 18.3. The van der Waals surface area contributed by atoms with Crippen LogP contribution < -0.4 is 4.90 Å². The quantitative estimate of drug-likeness (QED) is 0.650. The molecule has 2 aliphatic rings. The lowest BCUT2D eigenvalue weighted by Gasteiger charge is -2.32. The molecule has 0 saturated carbocycles. The third-order valence-corrected chi connectivity index (χ3v) is 7.25. The molecule has 1 saturated heterocycles. The molecule has 1 aliphatic carbocycles. The summed E-state index contributed by atoms with van der Waals surface area (Å²) in [5.74, 6) is 2.68. The fourth-order valence-corrected chi connectivity index (χ4v) is 5.75. The number of anilines is 1. The molecule has 0 radical (unpaired) electrons. The highest BCUT2D eigenvalue weighted by atomic mass is 32.1. The fourth-order valence-electron chi connectivity index (χ4n) is 4.50. The van der Waals surface area contributed by atoms with Crippen LogP contribution in [-0.2, 0) is 12.8 Å². The molecule has 0 spiro atoms. The maximum atomic E-state index is 5.10. The van der Waals surface area contributed by atoms with Gasteiger partial charge in [-0.2, -0.15) is 15.1 Å². The summed E-state index contributed by atoms with van der Waals surface area (Å²) in [5, 5.41) is 5.97. The number of aromatic nitrogens is 4. The smallest absolute Gasteiger partial charge is 0.254 e. The first-order valence-corrected chi connectivity index (χ1v) is 11.0. The topological polar surface area (TPSA) is 46.8 Å². The van der Waals surface area contributed by atoms with Crippen molar-refractivity contribution in [2.75, 3.05) is 18.0 Å². The van der Waals surface area contributed by atoms with Gasteiger partial charge in [0.2, 0.25) is 0 Å². The van der Waals surface area contributed by atoms with Crippen molar-refractivity contribution < 1.29 is 0 Å².